The maximum Gasteiger partial charge on any atom is 0.373 e. The van der Waals surface area contributed by atoms with E-state index in [2.05, 4.69) is 15.3 Å². The molecule has 4 rings (SSSR count). The van der Waals surface area contributed by atoms with E-state index >= 15 is 0 Å². The number of nitrogens with one attached hydrogen (secondary N) is 1. The highest BCUT2D eigenvalue weighted by Gasteiger charge is 2.25. The first-order chi connectivity index (χ1) is 13.2. The van der Waals surface area contributed by atoms with Crippen LogP contribution in [-0.4, -0.2) is 28.1 Å². The number of ether oxygens (including phenoxy) is 3. The van der Waals surface area contributed by atoms with Gasteiger partial charge in [-0.15, -0.1) is 0 Å². The zero-order chi connectivity index (χ0) is 18.6. The lowest BCUT2D eigenvalue weighted by Gasteiger charge is -2.19. The Hall–Kier alpha value is -3.88. The van der Waals surface area contributed by atoms with Crippen LogP contribution in [0, 0.1) is 10.1 Å². The van der Waals surface area contributed by atoms with E-state index < -0.39 is 4.92 Å². The number of fused-ring (bicyclic) bond motifs is 1. The van der Waals surface area contributed by atoms with Crippen LogP contribution in [0.4, 0.5) is 17.2 Å². The number of nitrogens with zero attached hydrogens (tertiary/aromatic N) is 3. The zero-order valence-electron chi connectivity index (χ0n) is 14.0. The van der Waals surface area contributed by atoms with Crippen LogP contribution in [0.2, 0.25) is 0 Å². The molecule has 1 aliphatic heterocycles. The summed E-state index contributed by atoms with van der Waals surface area (Å²) in [5, 5.41) is 14.5. The molecule has 9 heteroatoms. The van der Waals surface area contributed by atoms with Gasteiger partial charge in [0.25, 0.3) is 0 Å². The van der Waals surface area contributed by atoms with Crippen molar-refractivity contribution in [2.45, 2.75) is 0 Å². The second kappa shape index (κ2) is 7.16. The molecule has 1 aromatic heterocycles. The number of nitro groups is 1. The van der Waals surface area contributed by atoms with Crippen molar-refractivity contribution in [1.82, 2.24) is 9.97 Å². The van der Waals surface area contributed by atoms with E-state index in [1.807, 2.05) is 6.07 Å². The van der Waals surface area contributed by atoms with Gasteiger partial charge in [-0.1, -0.05) is 18.2 Å². The third kappa shape index (κ3) is 3.56. The highest BCUT2D eigenvalue weighted by Crippen LogP contribution is 2.37. The average molecular weight is 366 g/mol. The number of rotatable bonds is 5. The standard InChI is InChI=1S/C18H14N4O5/c23-22(24)16-17(19-11-20-18(16)27-13-4-2-1-3-5-13)21-12-6-7-14-15(10-12)26-9-8-25-14/h1-7,10-11H,8-9H2,(H,19,20,21). The van der Waals surface area contributed by atoms with Gasteiger partial charge in [-0.2, -0.15) is 4.98 Å². The molecule has 136 valence electrons. The summed E-state index contributed by atoms with van der Waals surface area (Å²) in [7, 11) is 0. The van der Waals surface area contributed by atoms with Crippen molar-refractivity contribution < 1.29 is 19.1 Å². The Bertz CT molecular complexity index is 981. The van der Waals surface area contributed by atoms with E-state index in [0.717, 1.165) is 0 Å². The normalized spacial score (nSPS) is 12.3. The molecule has 0 amide bonds. The summed E-state index contributed by atoms with van der Waals surface area (Å²) >= 11 is 0. The van der Waals surface area contributed by atoms with Crippen LogP contribution in [0.15, 0.2) is 54.9 Å². The highest BCUT2D eigenvalue weighted by molar-refractivity contribution is 5.70. The number of aromatic nitrogens is 2. The van der Waals surface area contributed by atoms with Crippen LogP contribution in [0.5, 0.6) is 23.1 Å². The molecular weight excluding hydrogens is 352 g/mol. The Balaban J connectivity index is 1.66. The van der Waals surface area contributed by atoms with E-state index in [9.17, 15) is 10.1 Å². The minimum absolute atomic E-state index is 0.0117. The predicted octanol–water partition coefficient (Wildman–Crippen LogP) is 3.69. The van der Waals surface area contributed by atoms with Gasteiger partial charge in [-0.3, -0.25) is 10.1 Å². The first-order valence-corrected chi connectivity index (χ1v) is 8.09. The summed E-state index contributed by atoms with van der Waals surface area (Å²) in [4.78, 5) is 18.9. The Kier molecular flexibility index (Phi) is 4.40. The topological polar surface area (TPSA) is 109 Å². The van der Waals surface area contributed by atoms with E-state index in [1.54, 1.807) is 42.5 Å². The summed E-state index contributed by atoms with van der Waals surface area (Å²) in [6.07, 6.45) is 1.20. The van der Waals surface area contributed by atoms with Crippen LogP contribution in [0.1, 0.15) is 0 Å². The van der Waals surface area contributed by atoms with Crippen molar-refractivity contribution in [3.05, 3.63) is 65.0 Å². The Morgan fingerprint density at radius 1 is 1.04 bits per heavy atom. The number of anilines is 2. The summed E-state index contributed by atoms with van der Waals surface area (Å²) in [6, 6.07) is 13.8. The number of hydrogen-bond donors (Lipinski definition) is 1. The van der Waals surface area contributed by atoms with Gasteiger partial charge in [0.2, 0.25) is 5.82 Å². The number of benzene rings is 2. The summed E-state index contributed by atoms with van der Waals surface area (Å²) in [6.45, 7) is 0.927. The predicted molar refractivity (Wildman–Crippen MR) is 95.9 cm³/mol. The second-order valence-electron chi connectivity index (χ2n) is 5.53. The molecule has 2 heterocycles. The zero-order valence-corrected chi connectivity index (χ0v) is 14.0. The second-order valence-corrected chi connectivity index (χ2v) is 5.53. The van der Waals surface area contributed by atoms with Crippen LogP contribution in [0.25, 0.3) is 0 Å². The fourth-order valence-electron chi connectivity index (χ4n) is 2.55. The number of para-hydroxylation sites is 1. The summed E-state index contributed by atoms with van der Waals surface area (Å²) < 4.78 is 16.6. The van der Waals surface area contributed by atoms with Crippen molar-refractivity contribution in [3.63, 3.8) is 0 Å². The molecule has 0 atom stereocenters. The third-order valence-electron chi connectivity index (χ3n) is 3.73. The minimum Gasteiger partial charge on any atom is -0.486 e. The Morgan fingerprint density at radius 2 is 1.81 bits per heavy atom. The lowest BCUT2D eigenvalue weighted by Crippen LogP contribution is -2.15. The smallest absolute Gasteiger partial charge is 0.373 e. The van der Waals surface area contributed by atoms with E-state index in [-0.39, 0.29) is 17.4 Å². The molecule has 9 nitrogen and oxygen atoms in total. The van der Waals surface area contributed by atoms with E-state index in [4.69, 9.17) is 14.2 Å². The van der Waals surface area contributed by atoms with Crippen LogP contribution in [-0.2, 0) is 0 Å². The molecule has 3 aromatic rings. The maximum atomic E-state index is 11.6. The Labute approximate surface area is 153 Å². The Morgan fingerprint density at radius 3 is 2.59 bits per heavy atom. The van der Waals surface area contributed by atoms with Crippen LogP contribution >= 0.6 is 0 Å². The molecule has 1 aliphatic rings. The van der Waals surface area contributed by atoms with Gasteiger partial charge in [-0.05, 0) is 24.3 Å². The summed E-state index contributed by atoms with van der Waals surface area (Å²) in [5.41, 5.74) is 0.197. The molecule has 0 spiro atoms. The maximum absolute atomic E-state index is 11.6. The molecule has 0 unspecified atom stereocenters. The monoisotopic (exact) mass is 366 g/mol. The van der Waals surface area contributed by atoms with Crippen molar-refractivity contribution in [2.24, 2.45) is 0 Å². The molecule has 0 saturated heterocycles. The van der Waals surface area contributed by atoms with Crippen molar-refractivity contribution in [2.75, 3.05) is 18.5 Å². The quantitative estimate of drug-likeness (QED) is 0.538. The van der Waals surface area contributed by atoms with Gasteiger partial charge in [0.1, 0.15) is 25.3 Å². The molecule has 2 aromatic carbocycles. The van der Waals surface area contributed by atoms with E-state index in [1.165, 1.54) is 6.33 Å². The summed E-state index contributed by atoms with van der Waals surface area (Å²) in [5.74, 6) is 1.48. The molecule has 0 aliphatic carbocycles. The van der Waals surface area contributed by atoms with Gasteiger partial charge < -0.3 is 19.5 Å². The fraction of sp³-hybridized carbons (Fsp3) is 0.111. The van der Waals surface area contributed by atoms with Crippen molar-refractivity contribution in [1.29, 1.82) is 0 Å². The van der Waals surface area contributed by atoms with Crippen molar-refractivity contribution >= 4 is 17.2 Å². The highest BCUT2D eigenvalue weighted by atomic mass is 16.6. The average Bonchev–Trinajstić information content (AvgIpc) is 2.68. The first kappa shape index (κ1) is 16.6. The van der Waals surface area contributed by atoms with Gasteiger partial charge in [0.15, 0.2) is 11.5 Å². The fourth-order valence-corrected chi connectivity index (χ4v) is 2.55. The molecule has 0 bridgehead atoms. The number of hydrogen-bond acceptors (Lipinski definition) is 8. The molecule has 0 saturated carbocycles. The van der Waals surface area contributed by atoms with Gasteiger partial charge in [-0.25, -0.2) is 4.98 Å². The van der Waals surface area contributed by atoms with Gasteiger partial charge >= 0.3 is 11.6 Å². The van der Waals surface area contributed by atoms with Crippen LogP contribution < -0.4 is 19.5 Å². The van der Waals surface area contributed by atoms with E-state index in [0.29, 0.717) is 36.1 Å². The molecule has 0 fully saturated rings. The van der Waals surface area contributed by atoms with Gasteiger partial charge in [0.05, 0.1) is 4.92 Å². The third-order valence-corrected chi connectivity index (χ3v) is 3.73. The first-order valence-electron chi connectivity index (χ1n) is 8.09. The molecular formula is C18H14N4O5. The van der Waals surface area contributed by atoms with Gasteiger partial charge in [0, 0.05) is 11.8 Å². The molecule has 1 N–H and O–H groups in total. The van der Waals surface area contributed by atoms with Crippen LogP contribution in [0.3, 0.4) is 0 Å². The largest absolute Gasteiger partial charge is 0.486 e. The minimum atomic E-state index is -0.585. The lowest BCUT2D eigenvalue weighted by molar-refractivity contribution is -0.385. The SMILES string of the molecule is O=[N+]([O-])c1c(Nc2ccc3c(c2)OCCO3)ncnc1Oc1ccccc1. The molecule has 0 radical (unpaired) electrons. The molecule has 27 heavy (non-hydrogen) atoms. The lowest BCUT2D eigenvalue weighted by atomic mass is 10.2. The van der Waals surface area contributed by atoms with Crippen molar-refractivity contribution in [3.8, 4) is 23.1 Å².